The van der Waals surface area contributed by atoms with Crippen molar-refractivity contribution in [3.8, 4) is 5.75 Å². The van der Waals surface area contributed by atoms with Crippen molar-refractivity contribution in [2.24, 2.45) is 0 Å². The maximum Gasteiger partial charge on any atom is 0.188 e. The standard InChI is InChI=1S/C15H16N2O2S2/c1-9-3-11(19-12-7-20-8-12)4-13(16-9)14(18)5-15-17-10(2)6-21-15/h3-4,6,12H,5,7-8H2,1-2H3. The molecule has 3 rings (SSSR count). The molecular formula is C15H16N2O2S2. The lowest BCUT2D eigenvalue weighted by atomic mass is 10.2. The number of aromatic nitrogens is 2. The van der Waals surface area contributed by atoms with Gasteiger partial charge < -0.3 is 4.74 Å². The molecule has 2 aromatic heterocycles. The predicted molar refractivity (Wildman–Crippen MR) is 85.6 cm³/mol. The van der Waals surface area contributed by atoms with Gasteiger partial charge in [0.2, 0.25) is 0 Å². The van der Waals surface area contributed by atoms with E-state index in [1.165, 1.54) is 11.3 Å². The number of hydrogen-bond acceptors (Lipinski definition) is 6. The van der Waals surface area contributed by atoms with Crippen LogP contribution in [-0.4, -0.2) is 33.4 Å². The van der Waals surface area contributed by atoms with Gasteiger partial charge in [-0.3, -0.25) is 4.79 Å². The van der Waals surface area contributed by atoms with Gasteiger partial charge in [0.15, 0.2) is 5.78 Å². The van der Waals surface area contributed by atoms with Crippen LogP contribution in [0, 0.1) is 13.8 Å². The highest BCUT2D eigenvalue weighted by Crippen LogP contribution is 2.25. The highest BCUT2D eigenvalue weighted by Gasteiger charge is 2.21. The molecular weight excluding hydrogens is 304 g/mol. The third-order valence-corrected chi connectivity index (χ3v) is 5.28. The Kier molecular flexibility index (Phi) is 4.26. The molecule has 3 heterocycles. The van der Waals surface area contributed by atoms with Crippen molar-refractivity contribution in [3.05, 3.63) is 39.6 Å². The molecule has 0 saturated carbocycles. The molecule has 110 valence electrons. The number of ether oxygens (including phenoxy) is 1. The maximum absolute atomic E-state index is 12.3. The second kappa shape index (κ2) is 6.15. The van der Waals surface area contributed by atoms with Crippen LogP contribution in [0.5, 0.6) is 5.75 Å². The van der Waals surface area contributed by atoms with Crippen LogP contribution in [0.15, 0.2) is 17.5 Å². The summed E-state index contributed by atoms with van der Waals surface area (Å²) < 4.78 is 5.85. The van der Waals surface area contributed by atoms with Crippen LogP contribution in [0.1, 0.15) is 26.9 Å². The average Bonchev–Trinajstić information content (AvgIpc) is 2.79. The molecule has 1 aliphatic heterocycles. The van der Waals surface area contributed by atoms with E-state index in [0.29, 0.717) is 12.1 Å². The SMILES string of the molecule is Cc1cc(OC2CSC2)cc(C(=O)Cc2nc(C)cs2)n1. The number of ketones is 1. The molecule has 1 saturated heterocycles. The van der Waals surface area contributed by atoms with Crippen LogP contribution in [0.25, 0.3) is 0 Å². The summed E-state index contributed by atoms with van der Waals surface area (Å²) in [5, 5.41) is 2.79. The molecule has 0 spiro atoms. The highest BCUT2D eigenvalue weighted by molar-refractivity contribution is 8.00. The molecule has 0 unspecified atom stereocenters. The van der Waals surface area contributed by atoms with E-state index in [2.05, 4.69) is 9.97 Å². The summed E-state index contributed by atoms with van der Waals surface area (Å²) in [5.41, 5.74) is 2.22. The van der Waals surface area contributed by atoms with Gasteiger partial charge in [0, 0.05) is 40.4 Å². The summed E-state index contributed by atoms with van der Waals surface area (Å²) in [6.07, 6.45) is 0.564. The quantitative estimate of drug-likeness (QED) is 0.793. The van der Waals surface area contributed by atoms with Crippen molar-refractivity contribution >= 4 is 28.9 Å². The molecule has 0 aromatic carbocycles. The van der Waals surface area contributed by atoms with E-state index < -0.39 is 0 Å². The lowest BCUT2D eigenvalue weighted by Crippen LogP contribution is -2.31. The van der Waals surface area contributed by atoms with Crippen molar-refractivity contribution in [2.75, 3.05) is 11.5 Å². The Morgan fingerprint density at radius 1 is 1.29 bits per heavy atom. The molecule has 4 nitrogen and oxygen atoms in total. The average molecular weight is 320 g/mol. The minimum Gasteiger partial charge on any atom is -0.489 e. The summed E-state index contributed by atoms with van der Waals surface area (Å²) in [6.45, 7) is 3.81. The summed E-state index contributed by atoms with van der Waals surface area (Å²) >= 11 is 3.38. The van der Waals surface area contributed by atoms with Gasteiger partial charge in [0.1, 0.15) is 22.6 Å². The van der Waals surface area contributed by atoms with Crippen molar-refractivity contribution in [3.63, 3.8) is 0 Å². The maximum atomic E-state index is 12.3. The van der Waals surface area contributed by atoms with E-state index in [-0.39, 0.29) is 11.9 Å². The third-order valence-electron chi connectivity index (χ3n) is 3.10. The fraction of sp³-hybridized carbons (Fsp3) is 0.400. The first-order valence-corrected chi connectivity index (χ1v) is 8.81. The van der Waals surface area contributed by atoms with Crippen LogP contribution < -0.4 is 4.74 Å². The van der Waals surface area contributed by atoms with Gasteiger partial charge in [-0.25, -0.2) is 9.97 Å². The van der Waals surface area contributed by atoms with E-state index in [9.17, 15) is 4.79 Å². The molecule has 21 heavy (non-hydrogen) atoms. The normalized spacial score (nSPS) is 14.8. The molecule has 2 aromatic rings. The minimum absolute atomic E-state index is 0.0131. The highest BCUT2D eigenvalue weighted by atomic mass is 32.2. The Hall–Kier alpha value is -1.40. The molecule has 1 aliphatic rings. The van der Waals surface area contributed by atoms with Crippen molar-refractivity contribution in [1.82, 2.24) is 9.97 Å². The number of carbonyl (C=O) groups is 1. The largest absolute Gasteiger partial charge is 0.489 e. The zero-order valence-electron chi connectivity index (χ0n) is 12.0. The molecule has 6 heteroatoms. The lowest BCUT2D eigenvalue weighted by molar-refractivity contribution is 0.0987. The number of aryl methyl sites for hydroxylation is 2. The number of thioether (sulfide) groups is 1. The Labute approximate surface area is 132 Å². The third kappa shape index (κ3) is 3.63. The summed E-state index contributed by atoms with van der Waals surface area (Å²) in [6, 6.07) is 3.63. The topological polar surface area (TPSA) is 52.1 Å². The van der Waals surface area contributed by atoms with Crippen molar-refractivity contribution in [1.29, 1.82) is 0 Å². The molecule has 0 aliphatic carbocycles. The number of Topliss-reactive ketones (excluding diaryl/α,β-unsaturated/α-hetero) is 1. The number of pyridine rings is 1. The Morgan fingerprint density at radius 2 is 2.10 bits per heavy atom. The molecule has 1 fully saturated rings. The van der Waals surface area contributed by atoms with Crippen molar-refractivity contribution < 1.29 is 9.53 Å². The van der Waals surface area contributed by atoms with Crippen LogP contribution in [0.3, 0.4) is 0 Å². The van der Waals surface area contributed by atoms with Gasteiger partial charge in [-0.05, 0) is 13.8 Å². The lowest BCUT2D eigenvalue weighted by Gasteiger charge is -2.26. The minimum atomic E-state index is -0.0131. The molecule has 0 atom stereocenters. The fourth-order valence-electron chi connectivity index (χ4n) is 2.03. The molecule has 0 amide bonds. The predicted octanol–water partition coefficient (Wildman–Crippen LogP) is 3.07. The summed E-state index contributed by atoms with van der Waals surface area (Å²) in [7, 11) is 0. The Bertz CT molecular complexity index is 665. The zero-order chi connectivity index (χ0) is 14.8. The van der Waals surface area contributed by atoms with Crippen LogP contribution in [0.2, 0.25) is 0 Å². The van der Waals surface area contributed by atoms with E-state index in [1.54, 1.807) is 6.07 Å². The second-order valence-corrected chi connectivity index (χ2v) is 7.11. The zero-order valence-corrected chi connectivity index (χ0v) is 13.6. The van der Waals surface area contributed by atoms with Gasteiger partial charge in [0.25, 0.3) is 0 Å². The first-order valence-electron chi connectivity index (χ1n) is 6.77. The van der Waals surface area contributed by atoms with E-state index in [4.69, 9.17) is 4.74 Å². The number of thiazole rings is 1. The molecule has 0 bridgehead atoms. The fourth-order valence-corrected chi connectivity index (χ4v) is 3.37. The Balaban J connectivity index is 1.75. The van der Waals surface area contributed by atoms with Gasteiger partial charge in [-0.1, -0.05) is 0 Å². The number of nitrogens with zero attached hydrogens (tertiary/aromatic N) is 2. The van der Waals surface area contributed by atoms with E-state index in [0.717, 1.165) is 33.7 Å². The first kappa shape index (κ1) is 14.5. The van der Waals surface area contributed by atoms with Gasteiger partial charge in [0.05, 0.1) is 6.42 Å². The summed E-state index contributed by atoms with van der Waals surface area (Å²) in [5.74, 6) is 2.76. The number of carbonyl (C=O) groups excluding carboxylic acids is 1. The Morgan fingerprint density at radius 3 is 2.71 bits per heavy atom. The number of rotatable bonds is 5. The second-order valence-electron chi connectivity index (χ2n) is 5.09. The molecule has 0 radical (unpaired) electrons. The smallest absolute Gasteiger partial charge is 0.188 e. The van der Waals surface area contributed by atoms with Crippen LogP contribution >= 0.6 is 23.1 Å². The monoisotopic (exact) mass is 320 g/mol. The van der Waals surface area contributed by atoms with Gasteiger partial charge >= 0.3 is 0 Å². The van der Waals surface area contributed by atoms with Crippen molar-refractivity contribution in [2.45, 2.75) is 26.4 Å². The van der Waals surface area contributed by atoms with Gasteiger partial charge in [-0.15, -0.1) is 11.3 Å². The van der Waals surface area contributed by atoms with E-state index >= 15 is 0 Å². The summed E-state index contributed by atoms with van der Waals surface area (Å²) in [4.78, 5) is 21.0. The van der Waals surface area contributed by atoms with Crippen LogP contribution in [-0.2, 0) is 6.42 Å². The van der Waals surface area contributed by atoms with Crippen LogP contribution in [0.4, 0.5) is 0 Å². The van der Waals surface area contributed by atoms with E-state index in [1.807, 2.05) is 37.1 Å². The molecule has 0 N–H and O–H groups in total. The van der Waals surface area contributed by atoms with Gasteiger partial charge in [-0.2, -0.15) is 11.8 Å². The first-order chi connectivity index (χ1) is 10.1. The number of hydrogen-bond donors (Lipinski definition) is 0.